The standard InChI is InChI=1S/C15H26N4OS/c1-12(19-9-7-16-8-10-19)15-17-14(18-20-15)11-21-13-5-3-2-4-6-13/h12-13,16H,2-11H2,1H3. The normalized spacial score (nSPS) is 23.3. The van der Waals surface area contributed by atoms with Crippen molar-refractivity contribution in [2.24, 2.45) is 0 Å². The second-order valence-corrected chi connectivity index (χ2v) is 7.37. The zero-order chi connectivity index (χ0) is 14.5. The Morgan fingerprint density at radius 1 is 1.29 bits per heavy atom. The van der Waals surface area contributed by atoms with Crippen LogP contribution in [0.3, 0.4) is 0 Å². The molecule has 0 aromatic carbocycles. The molecule has 2 aliphatic rings. The first kappa shape index (κ1) is 15.3. The summed E-state index contributed by atoms with van der Waals surface area (Å²) in [6, 6.07) is 0.230. The Balaban J connectivity index is 1.50. The van der Waals surface area contributed by atoms with Crippen molar-refractivity contribution in [3.63, 3.8) is 0 Å². The van der Waals surface area contributed by atoms with Crippen LogP contribution >= 0.6 is 11.8 Å². The average Bonchev–Trinajstić information content (AvgIpc) is 3.03. The lowest BCUT2D eigenvalue weighted by molar-refractivity contribution is 0.154. The van der Waals surface area contributed by atoms with Gasteiger partial charge < -0.3 is 9.84 Å². The molecule has 1 saturated carbocycles. The van der Waals surface area contributed by atoms with Crippen LogP contribution in [0, 0.1) is 0 Å². The van der Waals surface area contributed by atoms with Crippen molar-refractivity contribution < 1.29 is 4.52 Å². The molecule has 3 rings (SSSR count). The van der Waals surface area contributed by atoms with E-state index in [9.17, 15) is 0 Å². The van der Waals surface area contributed by atoms with Gasteiger partial charge in [0.15, 0.2) is 5.82 Å². The van der Waals surface area contributed by atoms with Gasteiger partial charge in [0.2, 0.25) is 5.89 Å². The molecule has 1 atom stereocenters. The van der Waals surface area contributed by atoms with Crippen LogP contribution in [0.2, 0.25) is 0 Å². The van der Waals surface area contributed by atoms with Crippen LogP contribution in [0.15, 0.2) is 4.52 Å². The second kappa shape index (κ2) is 7.61. The molecule has 0 amide bonds. The van der Waals surface area contributed by atoms with E-state index in [-0.39, 0.29) is 6.04 Å². The third-order valence-electron chi connectivity index (χ3n) is 4.54. The van der Waals surface area contributed by atoms with Gasteiger partial charge in [-0.2, -0.15) is 16.7 Å². The molecule has 1 N–H and O–H groups in total. The minimum Gasteiger partial charge on any atom is -0.338 e. The van der Waals surface area contributed by atoms with Gasteiger partial charge in [-0.25, -0.2) is 0 Å². The van der Waals surface area contributed by atoms with Gasteiger partial charge >= 0.3 is 0 Å². The van der Waals surface area contributed by atoms with Gasteiger partial charge in [0, 0.05) is 31.4 Å². The molecule has 0 radical (unpaired) electrons. The van der Waals surface area contributed by atoms with E-state index in [0.29, 0.717) is 0 Å². The molecule has 118 valence electrons. The summed E-state index contributed by atoms with van der Waals surface area (Å²) in [5.41, 5.74) is 0. The summed E-state index contributed by atoms with van der Waals surface area (Å²) in [6.45, 7) is 6.36. The van der Waals surface area contributed by atoms with Crippen LogP contribution in [0.1, 0.15) is 56.8 Å². The Morgan fingerprint density at radius 3 is 2.81 bits per heavy atom. The maximum atomic E-state index is 5.48. The Bertz CT molecular complexity index is 427. The van der Waals surface area contributed by atoms with E-state index in [4.69, 9.17) is 4.52 Å². The van der Waals surface area contributed by atoms with E-state index in [2.05, 4.69) is 27.3 Å². The van der Waals surface area contributed by atoms with Crippen molar-refractivity contribution in [2.75, 3.05) is 26.2 Å². The summed E-state index contributed by atoms with van der Waals surface area (Å²) < 4.78 is 5.48. The topological polar surface area (TPSA) is 54.2 Å². The number of rotatable bonds is 5. The minimum absolute atomic E-state index is 0.230. The summed E-state index contributed by atoms with van der Waals surface area (Å²) in [5, 5.41) is 8.34. The lowest BCUT2D eigenvalue weighted by Crippen LogP contribution is -2.44. The van der Waals surface area contributed by atoms with Crippen molar-refractivity contribution in [1.29, 1.82) is 0 Å². The molecule has 1 unspecified atom stereocenters. The largest absolute Gasteiger partial charge is 0.338 e. The summed E-state index contributed by atoms with van der Waals surface area (Å²) in [4.78, 5) is 7.01. The van der Waals surface area contributed by atoms with Crippen molar-refractivity contribution in [2.45, 2.75) is 56.1 Å². The lowest BCUT2D eigenvalue weighted by Gasteiger charge is -2.30. The fraction of sp³-hybridized carbons (Fsp3) is 0.867. The van der Waals surface area contributed by atoms with Crippen LogP contribution in [0.4, 0.5) is 0 Å². The third kappa shape index (κ3) is 4.20. The summed E-state index contributed by atoms with van der Waals surface area (Å²) in [7, 11) is 0. The van der Waals surface area contributed by atoms with Gasteiger partial charge in [-0.1, -0.05) is 24.4 Å². The van der Waals surface area contributed by atoms with Crippen molar-refractivity contribution >= 4 is 11.8 Å². The number of nitrogens with one attached hydrogen (secondary N) is 1. The zero-order valence-corrected chi connectivity index (χ0v) is 13.7. The molecule has 1 aromatic heterocycles. The lowest BCUT2D eigenvalue weighted by atomic mass is 10.0. The molecular weight excluding hydrogens is 284 g/mol. The van der Waals surface area contributed by atoms with Crippen LogP contribution in [-0.2, 0) is 5.75 Å². The second-order valence-electron chi connectivity index (χ2n) is 6.08. The molecule has 0 spiro atoms. The maximum absolute atomic E-state index is 5.48. The summed E-state index contributed by atoms with van der Waals surface area (Å²) in [5.74, 6) is 2.53. The Kier molecular flexibility index (Phi) is 5.55. The fourth-order valence-electron chi connectivity index (χ4n) is 3.15. The van der Waals surface area contributed by atoms with Crippen molar-refractivity contribution in [3.05, 3.63) is 11.7 Å². The summed E-state index contributed by atoms with van der Waals surface area (Å²) in [6.07, 6.45) is 6.88. The first-order valence-electron chi connectivity index (χ1n) is 8.22. The van der Waals surface area contributed by atoms with E-state index in [1.165, 1.54) is 32.1 Å². The van der Waals surface area contributed by atoms with Gasteiger partial charge in [0.05, 0.1) is 11.8 Å². The Morgan fingerprint density at radius 2 is 2.05 bits per heavy atom. The smallest absolute Gasteiger partial charge is 0.243 e. The molecule has 21 heavy (non-hydrogen) atoms. The molecular formula is C15H26N4OS. The molecule has 6 heteroatoms. The van der Waals surface area contributed by atoms with Crippen LogP contribution in [-0.4, -0.2) is 46.5 Å². The SMILES string of the molecule is CC(c1nc(CSC2CCCCC2)no1)N1CCNCC1. The number of thioether (sulfide) groups is 1. The van der Waals surface area contributed by atoms with Gasteiger partial charge in [-0.3, -0.25) is 4.90 Å². The highest BCUT2D eigenvalue weighted by Gasteiger charge is 2.23. The van der Waals surface area contributed by atoms with E-state index < -0.39 is 0 Å². The number of nitrogens with zero attached hydrogens (tertiary/aromatic N) is 3. The maximum Gasteiger partial charge on any atom is 0.243 e. The summed E-state index contributed by atoms with van der Waals surface area (Å²) >= 11 is 2.00. The predicted octanol–water partition coefficient (Wildman–Crippen LogP) is 2.60. The van der Waals surface area contributed by atoms with Gasteiger partial charge in [0.1, 0.15) is 0 Å². The molecule has 2 heterocycles. The fourth-order valence-corrected chi connectivity index (χ4v) is 4.31. The van der Waals surface area contributed by atoms with E-state index in [1.807, 2.05) is 11.8 Å². The first-order valence-corrected chi connectivity index (χ1v) is 9.26. The first-order chi connectivity index (χ1) is 10.3. The predicted molar refractivity (Wildman–Crippen MR) is 85.3 cm³/mol. The van der Waals surface area contributed by atoms with Gasteiger partial charge in [0.25, 0.3) is 0 Å². The highest BCUT2D eigenvalue weighted by Crippen LogP contribution is 2.30. The monoisotopic (exact) mass is 310 g/mol. The molecule has 1 aliphatic heterocycles. The highest BCUT2D eigenvalue weighted by atomic mass is 32.2. The number of piperazine rings is 1. The van der Waals surface area contributed by atoms with Gasteiger partial charge in [-0.05, 0) is 19.8 Å². The third-order valence-corrected chi connectivity index (χ3v) is 5.91. The molecule has 1 saturated heterocycles. The zero-order valence-electron chi connectivity index (χ0n) is 12.9. The number of hydrogen-bond acceptors (Lipinski definition) is 6. The Hall–Kier alpha value is -0.590. The van der Waals surface area contributed by atoms with Crippen LogP contribution < -0.4 is 5.32 Å². The van der Waals surface area contributed by atoms with Crippen molar-refractivity contribution in [1.82, 2.24) is 20.4 Å². The average molecular weight is 310 g/mol. The van der Waals surface area contributed by atoms with Crippen molar-refractivity contribution in [3.8, 4) is 0 Å². The quantitative estimate of drug-likeness (QED) is 0.902. The number of aromatic nitrogens is 2. The van der Waals surface area contributed by atoms with E-state index in [1.54, 1.807) is 0 Å². The molecule has 0 bridgehead atoms. The van der Waals surface area contributed by atoms with Gasteiger partial charge in [-0.15, -0.1) is 0 Å². The molecule has 2 fully saturated rings. The minimum atomic E-state index is 0.230. The van der Waals surface area contributed by atoms with E-state index >= 15 is 0 Å². The van der Waals surface area contributed by atoms with Crippen LogP contribution in [0.25, 0.3) is 0 Å². The molecule has 1 aliphatic carbocycles. The molecule has 5 nitrogen and oxygen atoms in total. The Labute approximate surface area is 131 Å². The highest BCUT2D eigenvalue weighted by molar-refractivity contribution is 7.99. The van der Waals surface area contributed by atoms with E-state index in [0.717, 1.165) is 48.9 Å². The van der Waals surface area contributed by atoms with Crippen LogP contribution in [0.5, 0.6) is 0 Å². The molecule has 1 aromatic rings. The number of hydrogen-bond donors (Lipinski definition) is 1.